The van der Waals surface area contributed by atoms with Crippen LogP contribution in [-0.2, 0) is 6.54 Å². The summed E-state index contributed by atoms with van der Waals surface area (Å²) < 4.78 is 31.7. The molecule has 3 rings (SSSR count). The van der Waals surface area contributed by atoms with Crippen LogP contribution >= 0.6 is 0 Å². The standard InChI is InChI=1S/C17H14F2N4O/c1-24-14-6-12(8-20-10-14)17-21-5-4-16(23-17)22-9-11-2-3-13(18)7-15(11)19/h2-8,10H,9H2,1H3,(H,21,22,23). The van der Waals surface area contributed by atoms with E-state index in [4.69, 9.17) is 4.74 Å². The number of nitrogens with zero attached hydrogens (tertiary/aromatic N) is 3. The molecule has 0 radical (unpaired) electrons. The summed E-state index contributed by atoms with van der Waals surface area (Å²) in [6.45, 7) is 0.179. The monoisotopic (exact) mass is 328 g/mol. The van der Waals surface area contributed by atoms with Crippen molar-refractivity contribution in [3.63, 3.8) is 0 Å². The molecule has 0 aliphatic carbocycles. The van der Waals surface area contributed by atoms with Crippen LogP contribution in [0.4, 0.5) is 14.6 Å². The number of aromatic nitrogens is 3. The summed E-state index contributed by atoms with van der Waals surface area (Å²) in [5.74, 6) is 0.375. The number of halogens is 2. The Morgan fingerprint density at radius 1 is 1.12 bits per heavy atom. The maximum absolute atomic E-state index is 13.6. The van der Waals surface area contributed by atoms with Gasteiger partial charge in [-0.25, -0.2) is 18.7 Å². The molecule has 2 heterocycles. The number of pyridine rings is 1. The van der Waals surface area contributed by atoms with E-state index in [1.54, 1.807) is 37.8 Å². The average Bonchev–Trinajstić information content (AvgIpc) is 2.61. The zero-order chi connectivity index (χ0) is 16.9. The van der Waals surface area contributed by atoms with Gasteiger partial charge in [0.05, 0.1) is 13.3 Å². The minimum absolute atomic E-state index is 0.179. The van der Waals surface area contributed by atoms with Gasteiger partial charge in [0.2, 0.25) is 0 Å². The van der Waals surface area contributed by atoms with Crippen molar-refractivity contribution in [2.24, 2.45) is 0 Å². The van der Waals surface area contributed by atoms with Crippen molar-refractivity contribution in [2.45, 2.75) is 6.54 Å². The highest BCUT2D eigenvalue weighted by molar-refractivity contribution is 5.57. The third kappa shape index (κ3) is 3.62. The molecule has 0 saturated carbocycles. The molecule has 0 amide bonds. The van der Waals surface area contributed by atoms with Crippen LogP contribution in [0.1, 0.15) is 5.56 Å². The quantitative estimate of drug-likeness (QED) is 0.777. The first-order valence-electron chi connectivity index (χ1n) is 7.16. The first-order valence-corrected chi connectivity index (χ1v) is 7.16. The lowest BCUT2D eigenvalue weighted by atomic mass is 10.2. The van der Waals surface area contributed by atoms with Crippen molar-refractivity contribution in [2.75, 3.05) is 12.4 Å². The van der Waals surface area contributed by atoms with E-state index in [1.807, 2.05) is 0 Å². The molecule has 0 unspecified atom stereocenters. The molecule has 0 saturated heterocycles. The van der Waals surface area contributed by atoms with E-state index in [-0.39, 0.29) is 6.54 Å². The lowest BCUT2D eigenvalue weighted by Gasteiger charge is -2.08. The molecule has 0 aliphatic heterocycles. The molecule has 0 bridgehead atoms. The Balaban J connectivity index is 1.77. The van der Waals surface area contributed by atoms with Gasteiger partial charge in [-0.15, -0.1) is 0 Å². The summed E-state index contributed by atoms with van der Waals surface area (Å²) in [7, 11) is 1.55. The molecule has 2 aromatic heterocycles. The van der Waals surface area contributed by atoms with Crippen LogP contribution in [0.3, 0.4) is 0 Å². The molecule has 5 nitrogen and oxygen atoms in total. The minimum Gasteiger partial charge on any atom is -0.495 e. The lowest BCUT2D eigenvalue weighted by molar-refractivity contribution is 0.413. The van der Waals surface area contributed by atoms with Gasteiger partial charge in [0.15, 0.2) is 5.82 Å². The fraction of sp³-hybridized carbons (Fsp3) is 0.118. The number of benzene rings is 1. The predicted octanol–water partition coefficient (Wildman–Crippen LogP) is 3.44. The highest BCUT2D eigenvalue weighted by atomic mass is 19.1. The van der Waals surface area contributed by atoms with E-state index < -0.39 is 11.6 Å². The van der Waals surface area contributed by atoms with Gasteiger partial charge in [0, 0.05) is 36.1 Å². The Bertz CT molecular complexity index is 857. The van der Waals surface area contributed by atoms with E-state index in [2.05, 4.69) is 20.3 Å². The second-order valence-electron chi connectivity index (χ2n) is 4.97. The molecule has 24 heavy (non-hydrogen) atoms. The highest BCUT2D eigenvalue weighted by Crippen LogP contribution is 2.20. The number of nitrogens with one attached hydrogen (secondary N) is 1. The Morgan fingerprint density at radius 3 is 2.79 bits per heavy atom. The lowest BCUT2D eigenvalue weighted by Crippen LogP contribution is -2.04. The summed E-state index contributed by atoms with van der Waals surface area (Å²) in [6, 6.07) is 6.90. The number of rotatable bonds is 5. The molecule has 0 spiro atoms. The van der Waals surface area contributed by atoms with Gasteiger partial charge in [-0.2, -0.15) is 0 Å². The van der Waals surface area contributed by atoms with Crippen LogP contribution in [0, 0.1) is 11.6 Å². The van der Waals surface area contributed by atoms with Gasteiger partial charge in [-0.1, -0.05) is 6.07 Å². The van der Waals surface area contributed by atoms with E-state index in [9.17, 15) is 8.78 Å². The molecule has 0 atom stereocenters. The number of ether oxygens (including phenoxy) is 1. The Labute approximate surface area is 137 Å². The third-order valence-electron chi connectivity index (χ3n) is 3.34. The summed E-state index contributed by atoms with van der Waals surface area (Å²) >= 11 is 0. The molecule has 0 fully saturated rings. The summed E-state index contributed by atoms with van der Waals surface area (Å²) in [5.41, 5.74) is 1.05. The van der Waals surface area contributed by atoms with Gasteiger partial charge in [0.25, 0.3) is 0 Å². The molecule has 1 N–H and O–H groups in total. The maximum atomic E-state index is 13.6. The number of anilines is 1. The molecular weight excluding hydrogens is 314 g/mol. The normalized spacial score (nSPS) is 10.5. The SMILES string of the molecule is COc1cncc(-c2nccc(NCc3ccc(F)cc3F)n2)c1. The largest absolute Gasteiger partial charge is 0.495 e. The molecule has 1 aromatic carbocycles. The first-order chi connectivity index (χ1) is 11.7. The Morgan fingerprint density at radius 2 is 2.00 bits per heavy atom. The minimum atomic E-state index is -0.605. The van der Waals surface area contributed by atoms with Gasteiger partial charge >= 0.3 is 0 Å². The van der Waals surface area contributed by atoms with Gasteiger partial charge in [-0.05, 0) is 18.2 Å². The van der Waals surface area contributed by atoms with E-state index in [0.29, 0.717) is 28.5 Å². The predicted molar refractivity (Wildman–Crippen MR) is 85.5 cm³/mol. The van der Waals surface area contributed by atoms with E-state index in [1.165, 1.54) is 12.1 Å². The van der Waals surface area contributed by atoms with E-state index >= 15 is 0 Å². The fourth-order valence-corrected chi connectivity index (χ4v) is 2.10. The average molecular weight is 328 g/mol. The van der Waals surface area contributed by atoms with Crippen LogP contribution in [0.5, 0.6) is 5.75 Å². The van der Waals surface area contributed by atoms with Crippen molar-refractivity contribution in [3.05, 3.63) is 66.1 Å². The molecule has 0 aliphatic rings. The van der Waals surface area contributed by atoms with Gasteiger partial charge in [-0.3, -0.25) is 4.98 Å². The van der Waals surface area contributed by atoms with Crippen LogP contribution in [0.25, 0.3) is 11.4 Å². The summed E-state index contributed by atoms with van der Waals surface area (Å²) in [4.78, 5) is 12.6. The third-order valence-corrected chi connectivity index (χ3v) is 3.34. The number of hydrogen-bond acceptors (Lipinski definition) is 5. The second-order valence-corrected chi connectivity index (χ2v) is 4.97. The topological polar surface area (TPSA) is 59.9 Å². The van der Waals surface area contributed by atoms with Crippen molar-refractivity contribution < 1.29 is 13.5 Å². The number of hydrogen-bond donors (Lipinski definition) is 1. The van der Waals surface area contributed by atoms with Crippen LogP contribution in [-0.4, -0.2) is 22.1 Å². The smallest absolute Gasteiger partial charge is 0.163 e. The zero-order valence-corrected chi connectivity index (χ0v) is 12.8. The van der Waals surface area contributed by atoms with Crippen molar-refractivity contribution in [1.82, 2.24) is 15.0 Å². The Hall–Kier alpha value is -3.09. The van der Waals surface area contributed by atoms with Crippen LogP contribution in [0.2, 0.25) is 0 Å². The Kier molecular flexibility index (Phi) is 4.60. The molecule has 3 aromatic rings. The van der Waals surface area contributed by atoms with E-state index in [0.717, 1.165) is 6.07 Å². The first kappa shape index (κ1) is 15.8. The van der Waals surface area contributed by atoms with Crippen LogP contribution in [0.15, 0.2) is 48.9 Å². The zero-order valence-electron chi connectivity index (χ0n) is 12.8. The second kappa shape index (κ2) is 6.99. The molecular formula is C17H14F2N4O. The fourth-order valence-electron chi connectivity index (χ4n) is 2.10. The summed E-state index contributed by atoms with van der Waals surface area (Å²) in [5, 5.41) is 2.99. The van der Waals surface area contributed by atoms with Crippen molar-refractivity contribution in [3.8, 4) is 17.1 Å². The van der Waals surface area contributed by atoms with Gasteiger partial charge < -0.3 is 10.1 Å². The summed E-state index contributed by atoms with van der Waals surface area (Å²) in [6.07, 6.45) is 4.80. The van der Waals surface area contributed by atoms with Gasteiger partial charge in [0.1, 0.15) is 23.2 Å². The highest BCUT2D eigenvalue weighted by Gasteiger charge is 2.07. The number of methoxy groups -OCH3 is 1. The van der Waals surface area contributed by atoms with Crippen LogP contribution < -0.4 is 10.1 Å². The molecule has 7 heteroatoms. The van der Waals surface area contributed by atoms with Crippen molar-refractivity contribution in [1.29, 1.82) is 0 Å². The van der Waals surface area contributed by atoms with Crippen molar-refractivity contribution >= 4 is 5.82 Å². The maximum Gasteiger partial charge on any atom is 0.163 e. The molecule has 122 valence electrons.